The zero-order chi connectivity index (χ0) is 15.7. The highest BCUT2D eigenvalue weighted by Gasteiger charge is 2.13. The SMILES string of the molecule is Cc1ccc2ncn(C[C@H](O)c3ccccc3Cl)c(=O)c2c1. The van der Waals surface area contributed by atoms with Gasteiger partial charge in [-0.25, -0.2) is 4.98 Å². The molecule has 1 aromatic heterocycles. The molecule has 0 radical (unpaired) electrons. The number of nitrogens with zero attached hydrogens (tertiary/aromatic N) is 2. The van der Waals surface area contributed by atoms with Gasteiger partial charge in [-0.3, -0.25) is 9.36 Å². The van der Waals surface area contributed by atoms with Gasteiger partial charge in [-0.2, -0.15) is 0 Å². The van der Waals surface area contributed by atoms with E-state index >= 15 is 0 Å². The van der Waals surface area contributed by atoms with Crippen LogP contribution in [0.5, 0.6) is 0 Å². The lowest BCUT2D eigenvalue weighted by atomic mass is 10.1. The average molecular weight is 315 g/mol. The first-order valence-electron chi connectivity index (χ1n) is 6.94. The fourth-order valence-electron chi connectivity index (χ4n) is 2.43. The van der Waals surface area contributed by atoms with Crippen LogP contribution < -0.4 is 5.56 Å². The van der Waals surface area contributed by atoms with E-state index in [1.807, 2.05) is 25.1 Å². The summed E-state index contributed by atoms with van der Waals surface area (Å²) in [5.74, 6) is 0. The zero-order valence-electron chi connectivity index (χ0n) is 12.0. The van der Waals surface area contributed by atoms with Gasteiger partial charge in [0.2, 0.25) is 0 Å². The number of hydrogen-bond acceptors (Lipinski definition) is 3. The summed E-state index contributed by atoms with van der Waals surface area (Å²) in [5, 5.41) is 11.4. The van der Waals surface area contributed by atoms with Gasteiger partial charge in [0.05, 0.1) is 29.9 Å². The summed E-state index contributed by atoms with van der Waals surface area (Å²) in [6, 6.07) is 12.6. The molecule has 5 heteroatoms. The lowest BCUT2D eigenvalue weighted by Gasteiger charge is -2.14. The van der Waals surface area contributed by atoms with Crippen LogP contribution in [0.1, 0.15) is 17.2 Å². The minimum absolute atomic E-state index is 0.111. The number of benzene rings is 2. The van der Waals surface area contributed by atoms with Crippen LogP contribution in [-0.2, 0) is 6.54 Å². The van der Waals surface area contributed by atoms with Crippen LogP contribution in [0.4, 0.5) is 0 Å². The Morgan fingerprint density at radius 2 is 2.05 bits per heavy atom. The molecule has 3 rings (SSSR count). The molecule has 1 N–H and O–H groups in total. The standard InChI is InChI=1S/C17H15ClN2O2/c1-11-6-7-15-13(8-11)17(22)20(10-19-15)9-16(21)12-4-2-3-5-14(12)18/h2-8,10,16,21H,9H2,1H3/t16-/m0/s1. The van der Waals surface area contributed by atoms with Crippen LogP contribution >= 0.6 is 11.6 Å². The summed E-state index contributed by atoms with van der Waals surface area (Å²) in [7, 11) is 0. The molecule has 22 heavy (non-hydrogen) atoms. The van der Waals surface area contributed by atoms with E-state index in [1.165, 1.54) is 10.9 Å². The number of aryl methyl sites for hydroxylation is 1. The predicted octanol–water partition coefficient (Wildman–Crippen LogP) is 3.09. The highest BCUT2D eigenvalue weighted by Crippen LogP contribution is 2.23. The largest absolute Gasteiger partial charge is 0.386 e. The summed E-state index contributed by atoms with van der Waals surface area (Å²) in [5.41, 5.74) is 2.08. The minimum atomic E-state index is -0.865. The quantitative estimate of drug-likeness (QED) is 0.808. The number of rotatable bonds is 3. The fourth-order valence-corrected chi connectivity index (χ4v) is 2.69. The predicted molar refractivity (Wildman–Crippen MR) is 87.2 cm³/mol. The van der Waals surface area contributed by atoms with Crippen molar-refractivity contribution in [3.63, 3.8) is 0 Å². The molecule has 0 amide bonds. The molecule has 0 saturated carbocycles. The van der Waals surface area contributed by atoms with Crippen LogP contribution in [-0.4, -0.2) is 14.7 Å². The smallest absolute Gasteiger partial charge is 0.261 e. The maximum Gasteiger partial charge on any atom is 0.261 e. The van der Waals surface area contributed by atoms with Gasteiger partial charge in [0.15, 0.2) is 0 Å². The van der Waals surface area contributed by atoms with Gasteiger partial charge in [-0.05, 0) is 25.1 Å². The van der Waals surface area contributed by atoms with Gasteiger partial charge in [0, 0.05) is 10.6 Å². The monoisotopic (exact) mass is 314 g/mol. The van der Waals surface area contributed by atoms with E-state index in [0.717, 1.165) is 5.56 Å². The molecule has 3 aromatic rings. The molecular formula is C17H15ClN2O2. The highest BCUT2D eigenvalue weighted by molar-refractivity contribution is 6.31. The second kappa shape index (κ2) is 5.91. The van der Waals surface area contributed by atoms with Gasteiger partial charge in [-0.15, -0.1) is 0 Å². The molecule has 112 valence electrons. The Kier molecular flexibility index (Phi) is 3.96. The van der Waals surface area contributed by atoms with Crippen molar-refractivity contribution in [3.05, 3.63) is 75.3 Å². The maximum absolute atomic E-state index is 12.5. The second-order valence-electron chi connectivity index (χ2n) is 5.26. The van der Waals surface area contributed by atoms with E-state index in [9.17, 15) is 9.90 Å². The summed E-state index contributed by atoms with van der Waals surface area (Å²) in [6.07, 6.45) is 0.593. The molecule has 0 spiro atoms. The van der Waals surface area contributed by atoms with Crippen LogP contribution in [0.25, 0.3) is 10.9 Å². The number of aromatic nitrogens is 2. The van der Waals surface area contributed by atoms with Crippen LogP contribution in [0.2, 0.25) is 5.02 Å². The summed E-state index contributed by atoms with van der Waals surface area (Å²) >= 11 is 6.08. The van der Waals surface area contributed by atoms with Crippen molar-refractivity contribution >= 4 is 22.5 Å². The first-order chi connectivity index (χ1) is 10.6. The third kappa shape index (κ3) is 2.75. The topological polar surface area (TPSA) is 55.1 Å². The van der Waals surface area contributed by atoms with E-state index in [1.54, 1.807) is 24.3 Å². The molecule has 0 unspecified atom stereocenters. The zero-order valence-corrected chi connectivity index (χ0v) is 12.8. The molecule has 0 bridgehead atoms. The number of aliphatic hydroxyl groups excluding tert-OH is 1. The van der Waals surface area contributed by atoms with Crippen molar-refractivity contribution in [1.82, 2.24) is 9.55 Å². The molecule has 2 aromatic carbocycles. The third-order valence-electron chi connectivity index (χ3n) is 3.61. The number of aliphatic hydroxyl groups is 1. The Morgan fingerprint density at radius 3 is 2.82 bits per heavy atom. The van der Waals surface area contributed by atoms with E-state index in [-0.39, 0.29) is 12.1 Å². The summed E-state index contributed by atoms with van der Waals surface area (Å²) in [4.78, 5) is 16.8. The summed E-state index contributed by atoms with van der Waals surface area (Å²) < 4.78 is 1.41. The molecule has 1 atom stereocenters. The Labute approximate surface area is 132 Å². The number of hydrogen-bond donors (Lipinski definition) is 1. The average Bonchev–Trinajstić information content (AvgIpc) is 2.51. The molecule has 0 fully saturated rings. The van der Waals surface area contributed by atoms with Crippen LogP contribution in [0.15, 0.2) is 53.6 Å². The van der Waals surface area contributed by atoms with Crippen molar-refractivity contribution < 1.29 is 5.11 Å². The van der Waals surface area contributed by atoms with Crippen molar-refractivity contribution in [1.29, 1.82) is 0 Å². The van der Waals surface area contributed by atoms with Gasteiger partial charge in [-0.1, -0.05) is 41.4 Å². The molecule has 0 saturated heterocycles. The summed E-state index contributed by atoms with van der Waals surface area (Å²) in [6.45, 7) is 2.04. The molecule has 4 nitrogen and oxygen atoms in total. The number of fused-ring (bicyclic) bond motifs is 1. The normalized spacial score (nSPS) is 12.5. The Bertz CT molecular complexity index is 889. The van der Waals surface area contributed by atoms with E-state index < -0.39 is 6.10 Å². The first kappa shape index (κ1) is 14.8. The Morgan fingerprint density at radius 1 is 1.27 bits per heavy atom. The van der Waals surface area contributed by atoms with E-state index in [4.69, 9.17) is 11.6 Å². The second-order valence-corrected chi connectivity index (χ2v) is 5.67. The fraction of sp³-hybridized carbons (Fsp3) is 0.176. The van der Waals surface area contributed by atoms with Gasteiger partial charge >= 0.3 is 0 Å². The molecule has 0 aliphatic heterocycles. The molecule has 0 aliphatic carbocycles. The Balaban J connectivity index is 1.99. The highest BCUT2D eigenvalue weighted by atomic mass is 35.5. The van der Waals surface area contributed by atoms with E-state index in [0.29, 0.717) is 21.5 Å². The van der Waals surface area contributed by atoms with Crippen LogP contribution in [0.3, 0.4) is 0 Å². The minimum Gasteiger partial charge on any atom is -0.386 e. The van der Waals surface area contributed by atoms with Gasteiger partial charge in [0.1, 0.15) is 0 Å². The van der Waals surface area contributed by atoms with Gasteiger partial charge in [0.25, 0.3) is 5.56 Å². The molecular weight excluding hydrogens is 300 g/mol. The van der Waals surface area contributed by atoms with Crippen molar-refractivity contribution in [2.24, 2.45) is 0 Å². The van der Waals surface area contributed by atoms with Crippen molar-refractivity contribution in [2.45, 2.75) is 19.6 Å². The maximum atomic E-state index is 12.5. The number of halogens is 1. The van der Waals surface area contributed by atoms with Gasteiger partial charge < -0.3 is 5.11 Å². The lowest BCUT2D eigenvalue weighted by Crippen LogP contribution is -2.24. The van der Waals surface area contributed by atoms with Crippen molar-refractivity contribution in [2.75, 3.05) is 0 Å². The first-order valence-corrected chi connectivity index (χ1v) is 7.32. The molecule has 0 aliphatic rings. The lowest BCUT2D eigenvalue weighted by molar-refractivity contribution is 0.155. The van der Waals surface area contributed by atoms with Crippen molar-refractivity contribution in [3.8, 4) is 0 Å². The third-order valence-corrected chi connectivity index (χ3v) is 3.96. The Hall–Kier alpha value is -2.17. The molecule has 1 heterocycles. The van der Waals surface area contributed by atoms with Crippen LogP contribution in [0, 0.1) is 6.92 Å². The van der Waals surface area contributed by atoms with E-state index in [2.05, 4.69) is 4.98 Å².